The fourth-order valence-electron chi connectivity index (χ4n) is 3.86. The molecule has 4 rings (SSSR count). The number of nitrogens with zero attached hydrogens (tertiary/aromatic N) is 1. The van der Waals surface area contributed by atoms with Crippen molar-refractivity contribution in [1.29, 1.82) is 0 Å². The Balaban J connectivity index is 1.62. The molecule has 124 valence electrons. The summed E-state index contributed by atoms with van der Waals surface area (Å²) in [6, 6.07) is 9.33. The Kier molecular flexibility index (Phi) is 3.72. The van der Waals surface area contributed by atoms with Gasteiger partial charge in [-0.2, -0.15) is 0 Å². The van der Waals surface area contributed by atoms with Crippen molar-refractivity contribution in [3.8, 4) is 0 Å². The molecule has 1 aliphatic heterocycles. The van der Waals surface area contributed by atoms with Crippen LogP contribution in [0.5, 0.6) is 0 Å². The molecule has 1 fully saturated rings. The third-order valence-electron chi connectivity index (χ3n) is 5.42. The molecule has 24 heavy (non-hydrogen) atoms. The van der Waals surface area contributed by atoms with Gasteiger partial charge in [0.05, 0.1) is 5.41 Å². The van der Waals surface area contributed by atoms with E-state index in [9.17, 15) is 9.59 Å². The lowest BCUT2D eigenvalue weighted by atomic mass is 9.63. The molecule has 1 amide bonds. The predicted octanol–water partition coefficient (Wildman–Crippen LogP) is 3.03. The van der Waals surface area contributed by atoms with Crippen LogP contribution in [0.2, 0.25) is 5.02 Å². The van der Waals surface area contributed by atoms with Crippen LogP contribution in [0.4, 0.5) is 0 Å². The molecular formula is C19H19ClN2O2. The first kappa shape index (κ1) is 15.5. The van der Waals surface area contributed by atoms with E-state index in [4.69, 9.17) is 11.6 Å². The number of halogens is 1. The number of fused-ring (bicyclic) bond motifs is 1. The Bertz CT molecular complexity index is 837. The summed E-state index contributed by atoms with van der Waals surface area (Å²) in [6.07, 6.45) is 5.34. The molecule has 0 saturated heterocycles. The van der Waals surface area contributed by atoms with E-state index in [0.717, 1.165) is 42.4 Å². The minimum Gasteiger partial charge on any atom is -0.337 e. The minimum absolute atomic E-state index is 0.0786. The fourth-order valence-corrected chi connectivity index (χ4v) is 3.99. The Morgan fingerprint density at radius 1 is 1.17 bits per heavy atom. The SMILES string of the molecule is O=C(N1CCc2cc(=O)[nH]cc2C1)C1(c2ccc(Cl)cc2)CCC1. The van der Waals surface area contributed by atoms with Crippen molar-refractivity contribution in [2.45, 2.75) is 37.6 Å². The van der Waals surface area contributed by atoms with Crippen molar-refractivity contribution in [2.75, 3.05) is 6.54 Å². The summed E-state index contributed by atoms with van der Waals surface area (Å²) in [6.45, 7) is 1.24. The van der Waals surface area contributed by atoms with Crippen molar-refractivity contribution in [3.63, 3.8) is 0 Å². The molecule has 2 aliphatic rings. The van der Waals surface area contributed by atoms with Crippen molar-refractivity contribution in [2.24, 2.45) is 0 Å². The second-order valence-corrected chi connectivity index (χ2v) is 7.20. The minimum atomic E-state index is -0.399. The molecule has 2 aromatic rings. The van der Waals surface area contributed by atoms with Crippen LogP contribution in [0.3, 0.4) is 0 Å². The smallest absolute Gasteiger partial charge is 0.248 e. The highest BCUT2D eigenvalue weighted by Gasteiger charge is 2.47. The standard InChI is InChI=1S/C19H19ClN2O2/c20-16-4-2-15(3-5-16)19(7-1-8-19)18(24)22-9-6-13-10-17(23)21-11-14(13)12-22/h2-5,10-11H,1,6-9,12H2,(H,21,23). The largest absolute Gasteiger partial charge is 0.337 e. The maximum Gasteiger partial charge on any atom is 0.248 e. The second kappa shape index (κ2) is 5.78. The van der Waals surface area contributed by atoms with E-state index in [1.807, 2.05) is 29.2 Å². The highest BCUT2D eigenvalue weighted by molar-refractivity contribution is 6.30. The molecule has 0 bridgehead atoms. The van der Waals surface area contributed by atoms with Gasteiger partial charge >= 0.3 is 0 Å². The first-order valence-electron chi connectivity index (χ1n) is 8.34. The average molecular weight is 343 g/mol. The molecular weight excluding hydrogens is 324 g/mol. The molecule has 0 radical (unpaired) electrons. The number of aromatic amines is 1. The lowest BCUT2D eigenvalue weighted by Crippen LogP contribution is -2.52. The number of H-pyrrole nitrogens is 1. The molecule has 1 aromatic heterocycles. The summed E-state index contributed by atoms with van der Waals surface area (Å²) < 4.78 is 0. The number of hydrogen-bond acceptors (Lipinski definition) is 2. The molecule has 0 atom stereocenters. The fraction of sp³-hybridized carbons (Fsp3) is 0.368. The molecule has 0 unspecified atom stereocenters. The monoisotopic (exact) mass is 342 g/mol. The third kappa shape index (κ3) is 2.46. The van der Waals surface area contributed by atoms with Crippen LogP contribution >= 0.6 is 11.6 Å². The predicted molar refractivity (Wildman–Crippen MR) is 93.2 cm³/mol. The van der Waals surface area contributed by atoms with Crippen LogP contribution in [-0.2, 0) is 23.2 Å². The first-order valence-corrected chi connectivity index (χ1v) is 8.72. The highest BCUT2D eigenvalue weighted by Crippen LogP contribution is 2.46. The van der Waals surface area contributed by atoms with Gasteiger partial charge in [0, 0.05) is 30.4 Å². The summed E-state index contributed by atoms with van der Waals surface area (Å²) in [5.74, 6) is 0.202. The maximum atomic E-state index is 13.3. The Morgan fingerprint density at radius 3 is 2.58 bits per heavy atom. The van der Waals surface area contributed by atoms with Crippen LogP contribution in [0.1, 0.15) is 36.0 Å². The number of hydrogen-bond donors (Lipinski definition) is 1. The zero-order chi connectivity index (χ0) is 16.7. The van der Waals surface area contributed by atoms with E-state index in [1.54, 1.807) is 12.3 Å². The van der Waals surface area contributed by atoms with Gasteiger partial charge in [-0.15, -0.1) is 0 Å². The molecule has 1 aliphatic carbocycles. The van der Waals surface area contributed by atoms with Crippen molar-refractivity contribution >= 4 is 17.5 Å². The van der Waals surface area contributed by atoms with Crippen LogP contribution < -0.4 is 5.56 Å². The van der Waals surface area contributed by atoms with E-state index in [2.05, 4.69) is 4.98 Å². The maximum absolute atomic E-state index is 13.3. The van der Waals surface area contributed by atoms with E-state index in [-0.39, 0.29) is 11.5 Å². The van der Waals surface area contributed by atoms with Crippen molar-refractivity contribution < 1.29 is 4.79 Å². The Hall–Kier alpha value is -2.07. The number of rotatable bonds is 2. The molecule has 1 aromatic carbocycles. The number of nitrogens with one attached hydrogen (secondary N) is 1. The normalized spacial score (nSPS) is 18.6. The summed E-state index contributed by atoms with van der Waals surface area (Å²) in [7, 11) is 0. The first-order chi connectivity index (χ1) is 11.6. The summed E-state index contributed by atoms with van der Waals surface area (Å²) in [5.41, 5.74) is 2.68. The molecule has 0 spiro atoms. The van der Waals surface area contributed by atoms with Crippen LogP contribution in [0.25, 0.3) is 0 Å². The van der Waals surface area contributed by atoms with Gasteiger partial charge in [0.2, 0.25) is 11.5 Å². The molecule has 1 N–H and O–H groups in total. The molecule has 2 heterocycles. The summed E-state index contributed by atoms with van der Waals surface area (Å²) in [5, 5.41) is 0.691. The van der Waals surface area contributed by atoms with Gasteiger partial charge in [0.25, 0.3) is 0 Å². The van der Waals surface area contributed by atoms with Gasteiger partial charge < -0.3 is 9.88 Å². The zero-order valence-corrected chi connectivity index (χ0v) is 14.1. The summed E-state index contributed by atoms with van der Waals surface area (Å²) in [4.78, 5) is 29.4. The summed E-state index contributed by atoms with van der Waals surface area (Å²) >= 11 is 6.00. The van der Waals surface area contributed by atoms with Gasteiger partial charge in [0.1, 0.15) is 0 Å². The second-order valence-electron chi connectivity index (χ2n) is 6.77. The van der Waals surface area contributed by atoms with Gasteiger partial charge in [0.15, 0.2) is 0 Å². The van der Waals surface area contributed by atoms with E-state index < -0.39 is 5.41 Å². The van der Waals surface area contributed by atoms with Crippen LogP contribution in [0, 0.1) is 0 Å². The highest BCUT2D eigenvalue weighted by atomic mass is 35.5. The van der Waals surface area contributed by atoms with Crippen LogP contribution in [-0.4, -0.2) is 22.3 Å². The number of amides is 1. The third-order valence-corrected chi connectivity index (χ3v) is 5.67. The topological polar surface area (TPSA) is 53.2 Å². The van der Waals surface area contributed by atoms with Gasteiger partial charge in [-0.25, -0.2) is 0 Å². The van der Waals surface area contributed by atoms with Gasteiger partial charge in [-0.3, -0.25) is 9.59 Å². The zero-order valence-electron chi connectivity index (χ0n) is 13.3. The van der Waals surface area contributed by atoms with Crippen LogP contribution in [0.15, 0.2) is 41.3 Å². The average Bonchev–Trinajstić information content (AvgIpc) is 2.55. The number of carbonyl (C=O) groups excluding carboxylic acids is 1. The van der Waals surface area contributed by atoms with Gasteiger partial charge in [-0.1, -0.05) is 30.2 Å². The van der Waals surface area contributed by atoms with Crippen molar-refractivity contribution in [1.82, 2.24) is 9.88 Å². The van der Waals surface area contributed by atoms with E-state index in [0.29, 0.717) is 18.1 Å². The lowest BCUT2D eigenvalue weighted by Gasteiger charge is -2.45. The molecule has 1 saturated carbocycles. The molecule has 5 heteroatoms. The molecule has 4 nitrogen and oxygen atoms in total. The lowest BCUT2D eigenvalue weighted by molar-refractivity contribution is -0.142. The Morgan fingerprint density at radius 2 is 1.92 bits per heavy atom. The van der Waals surface area contributed by atoms with Gasteiger partial charge in [-0.05, 0) is 48.1 Å². The number of pyridine rings is 1. The number of aromatic nitrogens is 1. The van der Waals surface area contributed by atoms with E-state index in [1.165, 1.54) is 0 Å². The number of carbonyl (C=O) groups is 1. The Labute approximate surface area is 145 Å². The van der Waals surface area contributed by atoms with E-state index >= 15 is 0 Å². The number of benzene rings is 1. The quantitative estimate of drug-likeness (QED) is 0.912. The van der Waals surface area contributed by atoms with Crippen molar-refractivity contribution in [3.05, 3.63) is 68.6 Å².